The number of anilines is 1. The number of carbonyl (C=O) groups is 3. The van der Waals surface area contributed by atoms with Crippen molar-refractivity contribution in [1.29, 1.82) is 0 Å². The first-order valence-corrected chi connectivity index (χ1v) is 8.89. The quantitative estimate of drug-likeness (QED) is 0.631. The number of carbonyl (C=O) groups excluding carboxylic acids is 3. The van der Waals surface area contributed by atoms with Crippen LogP contribution in [0.25, 0.3) is 6.08 Å². The van der Waals surface area contributed by atoms with Crippen LogP contribution in [-0.2, 0) is 14.3 Å². The summed E-state index contributed by atoms with van der Waals surface area (Å²) >= 11 is 0. The summed E-state index contributed by atoms with van der Waals surface area (Å²) < 4.78 is 10.0. The maximum atomic E-state index is 12.3. The first-order valence-electron chi connectivity index (χ1n) is 8.89. The molecule has 0 bridgehead atoms. The zero-order chi connectivity index (χ0) is 19.8. The highest BCUT2D eigenvalue weighted by molar-refractivity contribution is 5.90. The molecule has 0 aliphatic carbocycles. The lowest BCUT2D eigenvalue weighted by molar-refractivity contribution is -0.148. The molecule has 1 aromatic carbocycles. The molecule has 1 aromatic heterocycles. The van der Waals surface area contributed by atoms with Gasteiger partial charge in [-0.2, -0.15) is 0 Å². The van der Waals surface area contributed by atoms with E-state index in [9.17, 15) is 14.4 Å². The summed E-state index contributed by atoms with van der Waals surface area (Å²) in [4.78, 5) is 39.3. The fraction of sp³-hybridized carbons (Fsp3) is 0.250. The topological polar surface area (TPSA) is 92.1 Å². The van der Waals surface area contributed by atoms with Gasteiger partial charge in [0.05, 0.1) is 6.26 Å². The lowest BCUT2D eigenvalue weighted by atomic mass is 10.3. The number of rotatable bonds is 5. The number of hydrogen-bond acceptors (Lipinski definition) is 5. The number of urea groups is 1. The Balaban J connectivity index is 1.38. The maximum absolute atomic E-state index is 12.3. The van der Waals surface area contributed by atoms with Crippen molar-refractivity contribution in [3.05, 3.63) is 60.6 Å². The molecule has 8 nitrogen and oxygen atoms in total. The lowest BCUT2D eigenvalue weighted by Crippen LogP contribution is -2.52. The van der Waals surface area contributed by atoms with E-state index >= 15 is 0 Å². The van der Waals surface area contributed by atoms with E-state index < -0.39 is 5.97 Å². The molecular formula is C20H21N3O5. The van der Waals surface area contributed by atoms with Gasteiger partial charge in [-0.1, -0.05) is 18.2 Å². The fourth-order valence-corrected chi connectivity index (χ4v) is 2.69. The largest absolute Gasteiger partial charge is 0.465 e. The molecule has 28 heavy (non-hydrogen) atoms. The van der Waals surface area contributed by atoms with Gasteiger partial charge in [0.2, 0.25) is 0 Å². The van der Waals surface area contributed by atoms with Crippen molar-refractivity contribution in [2.45, 2.75) is 0 Å². The van der Waals surface area contributed by atoms with Crippen molar-refractivity contribution < 1.29 is 23.5 Å². The Morgan fingerprint density at radius 3 is 2.39 bits per heavy atom. The molecule has 3 amide bonds. The zero-order valence-corrected chi connectivity index (χ0v) is 15.2. The van der Waals surface area contributed by atoms with Gasteiger partial charge in [0.15, 0.2) is 6.61 Å². The number of furan rings is 1. The summed E-state index contributed by atoms with van der Waals surface area (Å²) in [6, 6.07) is 12.4. The van der Waals surface area contributed by atoms with Gasteiger partial charge in [0.25, 0.3) is 5.91 Å². The molecule has 3 rings (SSSR count). The Labute approximate surface area is 162 Å². The summed E-state index contributed by atoms with van der Waals surface area (Å²) in [6.07, 6.45) is 4.17. The van der Waals surface area contributed by atoms with Crippen molar-refractivity contribution in [2.24, 2.45) is 0 Å². The molecule has 146 valence electrons. The number of para-hydroxylation sites is 1. The number of nitrogens with zero attached hydrogens (tertiary/aromatic N) is 2. The Bertz CT molecular complexity index is 825. The summed E-state index contributed by atoms with van der Waals surface area (Å²) in [5, 5.41) is 2.82. The highest BCUT2D eigenvalue weighted by atomic mass is 16.5. The van der Waals surface area contributed by atoms with Crippen LogP contribution in [0.5, 0.6) is 0 Å². The van der Waals surface area contributed by atoms with Crippen molar-refractivity contribution in [1.82, 2.24) is 9.80 Å². The predicted molar refractivity (Wildman–Crippen MR) is 102 cm³/mol. The standard InChI is InChI=1S/C20H21N3O5/c24-18(15-28-19(25)9-8-17-7-4-14-27-17)22-10-12-23(13-11-22)20(26)21-16-5-2-1-3-6-16/h1-9,14H,10-13,15H2,(H,21,26)/b9-8+. The van der Waals surface area contributed by atoms with Crippen LogP contribution < -0.4 is 5.32 Å². The second-order valence-corrected chi connectivity index (χ2v) is 6.12. The third-order valence-corrected chi connectivity index (χ3v) is 4.21. The first kappa shape index (κ1) is 19.2. The second-order valence-electron chi connectivity index (χ2n) is 6.12. The van der Waals surface area contributed by atoms with Crippen molar-refractivity contribution in [2.75, 3.05) is 38.1 Å². The average molecular weight is 383 g/mol. The summed E-state index contributed by atoms with van der Waals surface area (Å²) in [7, 11) is 0. The zero-order valence-electron chi connectivity index (χ0n) is 15.2. The Kier molecular flexibility index (Phi) is 6.46. The van der Waals surface area contributed by atoms with Crippen LogP contribution in [0.1, 0.15) is 5.76 Å². The Hall–Kier alpha value is -3.55. The van der Waals surface area contributed by atoms with E-state index in [-0.39, 0.29) is 18.5 Å². The number of nitrogens with one attached hydrogen (secondary N) is 1. The van der Waals surface area contributed by atoms with Crippen molar-refractivity contribution in [3.63, 3.8) is 0 Å². The van der Waals surface area contributed by atoms with E-state index in [0.29, 0.717) is 31.9 Å². The van der Waals surface area contributed by atoms with Gasteiger partial charge in [-0.05, 0) is 30.3 Å². The molecule has 1 fully saturated rings. The van der Waals surface area contributed by atoms with E-state index in [1.54, 1.807) is 21.9 Å². The summed E-state index contributed by atoms with van der Waals surface area (Å²) in [6.45, 7) is 1.27. The van der Waals surface area contributed by atoms with Crippen LogP contribution in [0.3, 0.4) is 0 Å². The number of benzene rings is 1. The van der Waals surface area contributed by atoms with Crippen molar-refractivity contribution >= 4 is 29.7 Å². The monoisotopic (exact) mass is 383 g/mol. The minimum atomic E-state index is -0.620. The molecule has 0 saturated carbocycles. The highest BCUT2D eigenvalue weighted by Crippen LogP contribution is 2.09. The van der Waals surface area contributed by atoms with E-state index in [2.05, 4.69) is 5.32 Å². The number of piperazine rings is 1. The van der Waals surface area contributed by atoms with Crippen LogP contribution in [0.4, 0.5) is 10.5 Å². The van der Waals surface area contributed by atoms with Gasteiger partial charge in [-0.25, -0.2) is 9.59 Å². The molecule has 1 saturated heterocycles. The average Bonchev–Trinajstić information content (AvgIpc) is 3.25. The first-order chi connectivity index (χ1) is 13.6. The van der Waals surface area contributed by atoms with Gasteiger partial charge in [-0.3, -0.25) is 4.79 Å². The highest BCUT2D eigenvalue weighted by Gasteiger charge is 2.24. The van der Waals surface area contributed by atoms with E-state index in [1.165, 1.54) is 18.4 Å². The molecule has 1 aliphatic rings. The molecule has 0 unspecified atom stereocenters. The molecule has 1 N–H and O–H groups in total. The summed E-state index contributed by atoms with van der Waals surface area (Å²) in [5.74, 6) is -0.387. The molecule has 2 heterocycles. The number of amides is 3. The molecule has 0 spiro atoms. The fourth-order valence-electron chi connectivity index (χ4n) is 2.69. The third-order valence-electron chi connectivity index (χ3n) is 4.21. The van der Waals surface area contributed by atoms with Gasteiger partial charge in [0, 0.05) is 37.9 Å². The van der Waals surface area contributed by atoms with Gasteiger partial charge in [-0.15, -0.1) is 0 Å². The number of ether oxygens (including phenoxy) is 1. The van der Waals surface area contributed by atoms with Gasteiger partial charge >= 0.3 is 12.0 Å². The SMILES string of the molecule is O=C(/C=C/c1ccco1)OCC(=O)N1CCN(C(=O)Nc2ccccc2)CC1. The van der Waals surface area contributed by atoms with Crippen LogP contribution in [0.15, 0.2) is 59.2 Å². The van der Waals surface area contributed by atoms with Gasteiger partial charge < -0.3 is 24.3 Å². The normalized spacial score (nSPS) is 14.1. The van der Waals surface area contributed by atoms with E-state index in [0.717, 1.165) is 5.69 Å². The number of esters is 1. The van der Waals surface area contributed by atoms with Crippen molar-refractivity contribution in [3.8, 4) is 0 Å². The minimum absolute atomic E-state index is 0.201. The Morgan fingerprint density at radius 1 is 1.00 bits per heavy atom. The number of hydrogen-bond donors (Lipinski definition) is 1. The van der Waals surface area contributed by atoms with Crippen LogP contribution in [0.2, 0.25) is 0 Å². The molecule has 1 aliphatic heterocycles. The smallest absolute Gasteiger partial charge is 0.331 e. The summed E-state index contributed by atoms with van der Waals surface area (Å²) in [5.41, 5.74) is 0.723. The van der Waals surface area contributed by atoms with E-state index in [4.69, 9.17) is 9.15 Å². The predicted octanol–water partition coefficient (Wildman–Crippen LogP) is 2.21. The van der Waals surface area contributed by atoms with E-state index in [1.807, 2.05) is 30.3 Å². The molecule has 8 heteroatoms. The molecule has 0 atom stereocenters. The lowest BCUT2D eigenvalue weighted by Gasteiger charge is -2.34. The second kappa shape index (κ2) is 9.40. The third kappa shape index (κ3) is 5.47. The van der Waals surface area contributed by atoms with Crippen LogP contribution in [-0.4, -0.2) is 60.5 Å². The maximum Gasteiger partial charge on any atom is 0.331 e. The minimum Gasteiger partial charge on any atom is -0.465 e. The van der Waals surface area contributed by atoms with Gasteiger partial charge in [0.1, 0.15) is 5.76 Å². The van der Waals surface area contributed by atoms with Crippen LogP contribution in [0, 0.1) is 0 Å². The Morgan fingerprint density at radius 2 is 1.71 bits per heavy atom. The molecule has 0 radical (unpaired) electrons. The van der Waals surface area contributed by atoms with Crippen LogP contribution >= 0.6 is 0 Å². The molecule has 2 aromatic rings. The molecular weight excluding hydrogens is 362 g/mol.